The van der Waals surface area contributed by atoms with Crippen LogP contribution in [0.4, 0.5) is 11.5 Å². The third kappa shape index (κ3) is 5.73. The highest BCUT2D eigenvalue weighted by atomic mass is 16.6. The third-order valence-corrected chi connectivity index (χ3v) is 7.56. The molecule has 0 aliphatic carbocycles. The van der Waals surface area contributed by atoms with Crippen LogP contribution in [0, 0.1) is 16.0 Å². The molecule has 3 heterocycles. The molecule has 1 fully saturated rings. The maximum absolute atomic E-state index is 10.9. The van der Waals surface area contributed by atoms with Gasteiger partial charge < -0.3 is 29.2 Å². The van der Waals surface area contributed by atoms with Crippen molar-refractivity contribution in [3.05, 3.63) is 95.2 Å². The SMILES string of the molecule is CC1(COc2ccc(N3CCC(COc4ccc(-c5ccccc5)cc4)CC3)cc2)Cn2cc([N+](=O)[O-])nc2O1. The molecule has 206 valence electrons. The minimum atomic E-state index is -0.635. The van der Waals surface area contributed by atoms with Crippen LogP contribution in [-0.4, -0.2) is 46.4 Å². The Hall–Kier alpha value is -4.53. The Morgan fingerprint density at radius 2 is 1.60 bits per heavy atom. The second-order valence-electron chi connectivity index (χ2n) is 10.7. The Morgan fingerprint density at radius 3 is 2.27 bits per heavy atom. The predicted octanol–water partition coefficient (Wildman–Crippen LogP) is 5.98. The van der Waals surface area contributed by atoms with E-state index in [1.807, 2.05) is 25.1 Å². The molecule has 0 radical (unpaired) electrons. The molecule has 0 saturated carbocycles. The van der Waals surface area contributed by atoms with Gasteiger partial charge in [-0.25, -0.2) is 0 Å². The number of imidazole rings is 1. The smallest absolute Gasteiger partial charge is 0.415 e. The van der Waals surface area contributed by atoms with Gasteiger partial charge >= 0.3 is 11.8 Å². The molecule has 9 nitrogen and oxygen atoms in total. The lowest BCUT2D eigenvalue weighted by molar-refractivity contribution is -0.389. The fourth-order valence-corrected chi connectivity index (χ4v) is 5.29. The number of aromatic nitrogens is 2. The fraction of sp³-hybridized carbons (Fsp3) is 0.323. The summed E-state index contributed by atoms with van der Waals surface area (Å²) >= 11 is 0. The average Bonchev–Trinajstić information content (AvgIpc) is 3.52. The van der Waals surface area contributed by atoms with E-state index in [0.717, 1.165) is 44.0 Å². The molecule has 40 heavy (non-hydrogen) atoms. The van der Waals surface area contributed by atoms with Gasteiger partial charge in [0.05, 0.1) is 13.2 Å². The maximum atomic E-state index is 10.9. The molecule has 1 unspecified atom stereocenters. The van der Waals surface area contributed by atoms with Gasteiger partial charge in [0, 0.05) is 23.8 Å². The van der Waals surface area contributed by atoms with Crippen LogP contribution >= 0.6 is 0 Å². The van der Waals surface area contributed by atoms with Gasteiger partial charge in [-0.05, 0) is 78.1 Å². The molecular weight excluding hydrogens is 508 g/mol. The molecule has 2 aliphatic heterocycles. The van der Waals surface area contributed by atoms with Gasteiger partial charge in [0.1, 0.15) is 24.3 Å². The van der Waals surface area contributed by atoms with Crippen LogP contribution in [0.3, 0.4) is 0 Å². The Balaban J connectivity index is 0.941. The standard InChI is InChI=1S/C31H32N4O5/c1-31(21-34-19-29(35(36)37)32-30(34)40-31)22-39-28-13-9-26(10-14-28)33-17-15-23(16-18-33)20-38-27-11-7-25(8-12-27)24-5-3-2-4-6-24/h2-14,19,23H,15-18,20-22H2,1H3. The molecular formula is C31H32N4O5. The minimum absolute atomic E-state index is 0.209. The first-order valence-corrected chi connectivity index (χ1v) is 13.6. The lowest BCUT2D eigenvalue weighted by atomic mass is 9.97. The summed E-state index contributed by atoms with van der Waals surface area (Å²) in [7, 11) is 0. The van der Waals surface area contributed by atoms with Crippen molar-refractivity contribution < 1.29 is 19.1 Å². The van der Waals surface area contributed by atoms with Crippen LogP contribution in [0.5, 0.6) is 17.5 Å². The van der Waals surface area contributed by atoms with Crippen molar-refractivity contribution in [1.29, 1.82) is 0 Å². The number of anilines is 1. The molecule has 9 heteroatoms. The van der Waals surface area contributed by atoms with Crippen molar-refractivity contribution in [1.82, 2.24) is 9.55 Å². The second kappa shape index (κ2) is 10.9. The van der Waals surface area contributed by atoms with Crippen molar-refractivity contribution in [3.63, 3.8) is 0 Å². The van der Waals surface area contributed by atoms with E-state index in [1.54, 1.807) is 4.57 Å². The highest BCUT2D eigenvalue weighted by molar-refractivity contribution is 5.63. The van der Waals surface area contributed by atoms with Crippen molar-refractivity contribution in [2.45, 2.75) is 31.9 Å². The molecule has 3 aromatic carbocycles. The topological polar surface area (TPSA) is 91.9 Å². The summed E-state index contributed by atoms with van der Waals surface area (Å²) in [5.74, 6) is 2.00. The lowest BCUT2D eigenvalue weighted by Gasteiger charge is -2.33. The first-order valence-electron chi connectivity index (χ1n) is 13.6. The van der Waals surface area contributed by atoms with Crippen molar-refractivity contribution in [2.24, 2.45) is 5.92 Å². The van der Waals surface area contributed by atoms with E-state index in [9.17, 15) is 10.1 Å². The van der Waals surface area contributed by atoms with Gasteiger partial charge in [-0.1, -0.05) is 42.5 Å². The summed E-state index contributed by atoms with van der Waals surface area (Å²) in [6, 6.07) is 27.1. The minimum Gasteiger partial charge on any atom is -0.493 e. The number of nitro groups is 1. The summed E-state index contributed by atoms with van der Waals surface area (Å²) in [4.78, 5) is 16.7. The highest BCUT2D eigenvalue weighted by Crippen LogP contribution is 2.32. The number of ether oxygens (including phenoxy) is 3. The van der Waals surface area contributed by atoms with Gasteiger partial charge in [0.2, 0.25) is 0 Å². The van der Waals surface area contributed by atoms with Gasteiger partial charge in [-0.15, -0.1) is 0 Å². The number of fused-ring (bicyclic) bond motifs is 1. The highest BCUT2D eigenvalue weighted by Gasteiger charge is 2.41. The average molecular weight is 541 g/mol. The van der Waals surface area contributed by atoms with E-state index in [1.165, 1.54) is 23.0 Å². The number of rotatable bonds is 9. The van der Waals surface area contributed by atoms with E-state index >= 15 is 0 Å². The molecule has 4 aromatic rings. The predicted molar refractivity (Wildman–Crippen MR) is 152 cm³/mol. The number of hydrogen-bond acceptors (Lipinski definition) is 7. The molecule has 0 N–H and O–H groups in total. The lowest BCUT2D eigenvalue weighted by Crippen LogP contribution is -2.38. The monoisotopic (exact) mass is 540 g/mol. The number of hydrogen-bond donors (Lipinski definition) is 0. The molecule has 0 spiro atoms. The van der Waals surface area contributed by atoms with Crippen molar-refractivity contribution in [2.75, 3.05) is 31.2 Å². The van der Waals surface area contributed by atoms with E-state index in [0.29, 0.717) is 19.1 Å². The molecule has 6 rings (SSSR count). The summed E-state index contributed by atoms with van der Waals surface area (Å²) in [6.45, 7) is 5.38. The largest absolute Gasteiger partial charge is 0.493 e. The van der Waals surface area contributed by atoms with Gasteiger partial charge in [0.15, 0.2) is 5.60 Å². The number of benzene rings is 3. The van der Waals surface area contributed by atoms with Crippen LogP contribution in [0.25, 0.3) is 11.1 Å². The van der Waals surface area contributed by atoms with Gasteiger partial charge in [-0.3, -0.25) is 4.57 Å². The summed E-state index contributed by atoms with van der Waals surface area (Å²) in [5.41, 5.74) is 2.95. The van der Waals surface area contributed by atoms with Crippen LogP contribution in [-0.2, 0) is 6.54 Å². The maximum Gasteiger partial charge on any atom is 0.415 e. The Bertz CT molecular complexity index is 1420. The Kier molecular flexibility index (Phi) is 7.02. The zero-order valence-corrected chi connectivity index (χ0v) is 22.4. The molecule has 2 aliphatic rings. The van der Waals surface area contributed by atoms with Crippen LogP contribution in [0.2, 0.25) is 0 Å². The Morgan fingerprint density at radius 1 is 0.950 bits per heavy atom. The molecule has 0 amide bonds. The molecule has 1 saturated heterocycles. The first kappa shape index (κ1) is 25.7. The van der Waals surface area contributed by atoms with Crippen LogP contribution in [0.15, 0.2) is 85.1 Å². The summed E-state index contributed by atoms with van der Waals surface area (Å²) < 4.78 is 19.6. The van der Waals surface area contributed by atoms with E-state index in [-0.39, 0.29) is 11.8 Å². The van der Waals surface area contributed by atoms with Crippen molar-refractivity contribution in [3.8, 4) is 28.6 Å². The van der Waals surface area contributed by atoms with E-state index < -0.39 is 10.5 Å². The normalized spacial score (nSPS) is 18.7. The third-order valence-electron chi connectivity index (χ3n) is 7.56. The molecule has 1 atom stereocenters. The van der Waals surface area contributed by atoms with Gasteiger partial charge in [0.25, 0.3) is 0 Å². The Labute approximate surface area is 233 Å². The van der Waals surface area contributed by atoms with Crippen LogP contribution in [0.1, 0.15) is 19.8 Å². The van der Waals surface area contributed by atoms with Crippen molar-refractivity contribution >= 4 is 11.5 Å². The summed E-state index contributed by atoms with van der Waals surface area (Å²) in [6.07, 6.45) is 3.57. The zero-order valence-electron chi connectivity index (χ0n) is 22.4. The first-order chi connectivity index (χ1) is 19.4. The van der Waals surface area contributed by atoms with E-state index in [4.69, 9.17) is 14.2 Å². The van der Waals surface area contributed by atoms with E-state index in [2.05, 4.69) is 70.5 Å². The second-order valence-corrected chi connectivity index (χ2v) is 10.7. The number of piperidine rings is 1. The molecule has 0 bridgehead atoms. The molecule has 1 aromatic heterocycles. The fourth-order valence-electron chi connectivity index (χ4n) is 5.29. The number of nitrogens with zero attached hydrogens (tertiary/aromatic N) is 4. The van der Waals surface area contributed by atoms with Crippen LogP contribution < -0.4 is 19.1 Å². The summed E-state index contributed by atoms with van der Waals surface area (Å²) in [5, 5.41) is 10.9. The van der Waals surface area contributed by atoms with Gasteiger partial charge in [-0.2, -0.15) is 0 Å². The quantitative estimate of drug-likeness (QED) is 0.190. The zero-order chi connectivity index (χ0) is 27.5.